The van der Waals surface area contributed by atoms with E-state index in [1.807, 2.05) is 11.8 Å². The predicted octanol–water partition coefficient (Wildman–Crippen LogP) is 3.67. The fourth-order valence-electron chi connectivity index (χ4n) is 3.34. The standard InChI is InChI=1S/C20H32N2OS/c1-16(2)15-17-6-8-18(9-7-17)19(20(21)23)5-3-4-10-22-11-13-24-14-12-22/h6-9,16,19H,3-5,10-15H2,1-2H3,(H2,21,23). The van der Waals surface area contributed by atoms with Crippen LogP contribution >= 0.6 is 11.8 Å². The van der Waals surface area contributed by atoms with Gasteiger partial charge in [-0.3, -0.25) is 4.79 Å². The van der Waals surface area contributed by atoms with Crippen molar-refractivity contribution in [2.75, 3.05) is 31.1 Å². The Morgan fingerprint density at radius 2 is 1.83 bits per heavy atom. The molecule has 1 fully saturated rings. The van der Waals surface area contributed by atoms with Crippen LogP contribution in [0.5, 0.6) is 0 Å². The Hall–Kier alpha value is -1.00. The lowest BCUT2D eigenvalue weighted by Gasteiger charge is -2.26. The van der Waals surface area contributed by atoms with E-state index in [0.29, 0.717) is 5.92 Å². The third-order valence-electron chi connectivity index (χ3n) is 4.69. The van der Waals surface area contributed by atoms with Crippen molar-refractivity contribution in [1.29, 1.82) is 0 Å². The minimum absolute atomic E-state index is 0.144. The molecular weight excluding hydrogens is 316 g/mol. The van der Waals surface area contributed by atoms with Gasteiger partial charge in [0.05, 0.1) is 5.92 Å². The molecule has 1 atom stereocenters. The Morgan fingerprint density at radius 1 is 1.17 bits per heavy atom. The van der Waals surface area contributed by atoms with Gasteiger partial charge in [0, 0.05) is 24.6 Å². The highest BCUT2D eigenvalue weighted by Crippen LogP contribution is 2.23. The largest absolute Gasteiger partial charge is 0.369 e. The van der Waals surface area contributed by atoms with Gasteiger partial charge in [0.2, 0.25) is 5.91 Å². The molecule has 1 amide bonds. The van der Waals surface area contributed by atoms with Crippen molar-refractivity contribution in [2.45, 2.75) is 45.4 Å². The average Bonchev–Trinajstić information content (AvgIpc) is 2.56. The lowest BCUT2D eigenvalue weighted by Crippen LogP contribution is -2.33. The van der Waals surface area contributed by atoms with E-state index in [0.717, 1.165) is 37.8 Å². The highest BCUT2D eigenvalue weighted by atomic mass is 32.2. The molecule has 1 aliphatic heterocycles. The number of rotatable bonds is 9. The van der Waals surface area contributed by atoms with Gasteiger partial charge in [-0.1, -0.05) is 44.5 Å². The van der Waals surface area contributed by atoms with E-state index in [1.54, 1.807) is 0 Å². The van der Waals surface area contributed by atoms with Crippen molar-refractivity contribution >= 4 is 17.7 Å². The zero-order valence-electron chi connectivity index (χ0n) is 15.2. The molecule has 1 aliphatic rings. The minimum atomic E-state index is -0.194. The number of unbranched alkanes of at least 4 members (excludes halogenated alkanes) is 1. The van der Waals surface area contributed by atoms with Crippen molar-refractivity contribution in [2.24, 2.45) is 11.7 Å². The van der Waals surface area contributed by atoms with Crippen LogP contribution in [0.1, 0.15) is 50.2 Å². The third-order valence-corrected chi connectivity index (χ3v) is 5.63. The maximum atomic E-state index is 11.9. The lowest BCUT2D eigenvalue weighted by atomic mass is 9.91. The summed E-state index contributed by atoms with van der Waals surface area (Å²) in [5.74, 6) is 2.83. The van der Waals surface area contributed by atoms with Gasteiger partial charge in [0.15, 0.2) is 0 Å². The summed E-state index contributed by atoms with van der Waals surface area (Å²) in [6.07, 6.45) is 4.15. The first-order chi connectivity index (χ1) is 11.6. The van der Waals surface area contributed by atoms with Gasteiger partial charge in [-0.2, -0.15) is 11.8 Å². The van der Waals surface area contributed by atoms with Crippen molar-refractivity contribution in [3.8, 4) is 0 Å². The molecular formula is C20H32N2OS. The van der Waals surface area contributed by atoms with Gasteiger partial charge >= 0.3 is 0 Å². The van der Waals surface area contributed by atoms with Crippen LogP contribution in [0.15, 0.2) is 24.3 Å². The summed E-state index contributed by atoms with van der Waals surface area (Å²) in [7, 11) is 0. The molecule has 1 aromatic rings. The van der Waals surface area contributed by atoms with Gasteiger partial charge in [0.1, 0.15) is 0 Å². The van der Waals surface area contributed by atoms with E-state index in [4.69, 9.17) is 5.73 Å². The zero-order valence-corrected chi connectivity index (χ0v) is 16.0. The Kier molecular flexibility index (Phi) is 8.13. The van der Waals surface area contributed by atoms with Crippen LogP contribution in [0.2, 0.25) is 0 Å². The number of nitrogens with two attached hydrogens (primary N) is 1. The molecule has 0 aliphatic carbocycles. The van der Waals surface area contributed by atoms with E-state index in [-0.39, 0.29) is 11.8 Å². The van der Waals surface area contributed by atoms with Gasteiger partial charge < -0.3 is 10.6 Å². The van der Waals surface area contributed by atoms with Crippen LogP contribution in [0.3, 0.4) is 0 Å². The Balaban J connectivity index is 1.81. The van der Waals surface area contributed by atoms with Crippen molar-refractivity contribution < 1.29 is 4.79 Å². The zero-order chi connectivity index (χ0) is 17.4. The quantitative estimate of drug-likeness (QED) is 0.693. The third kappa shape index (κ3) is 6.48. The molecule has 24 heavy (non-hydrogen) atoms. The molecule has 134 valence electrons. The number of benzene rings is 1. The second-order valence-electron chi connectivity index (χ2n) is 7.24. The summed E-state index contributed by atoms with van der Waals surface area (Å²) in [4.78, 5) is 14.4. The van der Waals surface area contributed by atoms with Gasteiger partial charge in [0.25, 0.3) is 0 Å². The molecule has 0 aromatic heterocycles. The van der Waals surface area contributed by atoms with E-state index in [9.17, 15) is 4.79 Å². The molecule has 2 rings (SSSR count). The molecule has 4 heteroatoms. The van der Waals surface area contributed by atoms with Crippen molar-refractivity contribution in [1.82, 2.24) is 4.90 Å². The Labute approximate surface area is 151 Å². The van der Waals surface area contributed by atoms with Crippen LogP contribution < -0.4 is 5.73 Å². The topological polar surface area (TPSA) is 46.3 Å². The van der Waals surface area contributed by atoms with Crippen molar-refractivity contribution in [3.63, 3.8) is 0 Å². The SMILES string of the molecule is CC(C)Cc1ccc(C(CCCCN2CCSCC2)C(N)=O)cc1. The molecule has 2 N–H and O–H groups in total. The van der Waals surface area contributed by atoms with E-state index >= 15 is 0 Å². The molecule has 0 radical (unpaired) electrons. The number of carbonyl (C=O) groups is 1. The number of hydrogen-bond acceptors (Lipinski definition) is 3. The predicted molar refractivity (Wildman–Crippen MR) is 105 cm³/mol. The second kappa shape index (κ2) is 10.1. The van der Waals surface area contributed by atoms with Gasteiger partial charge in [-0.15, -0.1) is 0 Å². The summed E-state index contributed by atoms with van der Waals surface area (Å²) >= 11 is 2.05. The molecule has 3 nitrogen and oxygen atoms in total. The number of primary amides is 1. The van der Waals surface area contributed by atoms with Crippen molar-refractivity contribution in [3.05, 3.63) is 35.4 Å². The Bertz CT molecular complexity index is 495. The van der Waals surface area contributed by atoms with E-state index < -0.39 is 0 Å². The first-order valence-corrected chi connectivity index (χ1v) is 10.4. The molecule has 1 unspecified atom stereocenters. The van der Waals surface area contributed by atoms with Gasteiger partial charge in [-0.05, 0) is 42.9 Å². The van der Waals surface area contributed by atoms with Crippen LogP contribution in [-0.4, -0.2) is 41.9 Å². The first kappa shape index (κ1) is 19.3. The average molecular weight is 349 g/mol. The normalized spacial score (nSPS) is 17.1. The maximum Gasteiger partial charge on any atom is 0.224 e. The molecule has 0 spiro atoms. The summed E-state index contributed by atoms with van der Waals surface area (Å²) in [6.45, 7) is 8.02. The number of hydrogen-bond donors (Lipinski definition) is 1. The van der Waals surface area contributed by atoms with E-state index in [1.165, 1.54) is 30.2 Å². The fourth-order valence-corrected chi connectivity index (χ4v) is 4.32. The van der Waals surface area contributed by atoms with Crippen LogP contribution in [0, 0.1) is 5.92 Å². The number of thioether (sulfide) groups is 1. The first-order valence-electron chi connectivity index (χ1n) is 9.24. The smallest absolute Gasteiger partial charge is 0.224 e. The molecule has 1 aromatic carbocycles. The molecule has 0 bridgehead atoms. The fraction of sp³-hybridized carbons (Fsp3) is 0.650. The molecule has 1 heterocycles. The number of carbonyl (C=O) groups excluding carboxylic acids is 1. The Morgan fingerprint density at radius 3 is 2.42 bits per heavy atom. The minimum Gasteiger partial charge on any atom is -0.369 e. The number of nitrogens with zero attached hydrogens (tertiary/aromatic N) is 1. The summed E-state index contributed by atoms with van der Waals surface area (Å²) in [5, 5.41) is 0. The summed E-state index contributed by atoms with van der Waals surface area (Å²) in [6, 6.07) is 8.48. The molecule has 0 saturated carbocycles. The molecule has 1 saturated heterocycles. The lowest BCUT2D eigenvalue weighted by molar-refractivity contribution is -0.119. The van der Waals surface area contributed by atoms with Crippen LogP contribution in [0.4, 0.5) is 0 Å². The van der Waals surface area contributed by atoms with Crippen LogP contribution in [-0.2, 0) is 11.2 Å². The second-order valence-corrected chi connectivity index (χ2v) is 8.47. The highest BCUT2D eigenvalue weighted by Gasteiger charge is 2.18. The number of amides is 1. The monoisotopic (exact) mass is 348 g/mol. The van der Waals surface area contributed by atoms with Gasteiger partial charge in [-0.25, -0.2) is 0 Å². The maximum absolute atomic E-state index is 11.9. The summed E-state index contributed by atoms with van der Waals surface area (Å²) < 4.78 is 0. The van der Waals surface area contributed by atoms with E-state index in [2.05, 4.69) is 43.0 Å². The van der Waals surface area contributed by atoms with Crippen LogP contribution in [0.25, 0.3) is 0 Å². The summed E-state index contributed by atoms with van der Waals surface area (Å²) in [5.41, 5.74) is 8.07. The highest BCUT2D eigenvalue weighted by molar-refractivity contribution is 7.99.